The van der Waals surface area contributed by atoms with Gasteiger partial charge < -0.3 is 15.1 Å². The molecule has 30 heavy (non-hydrogen) atoms. The van der Waals surface area contributed by atoms with Crippen LogP contribution in [0.1, 0.15) is 19.4 Å². The molecule has 2 rings (SSSR count). The van der Waals surface area contributed by atoms with Crippen LogP contribution < -0.4 is 5.32 Å². The van der Waals surface area contributed by atoms with Gasteiger partial charge >= 0.3 is 6.03 Å². The average Bonchev–Trinajstić information content (AvgIpc) is 2.73. The van der Waals surface area contributed by atoms with Gasteiger partial charge in [0.1, 0.15) is 0 Å². The Balaban J connectivity index is 2.08. The molecule has 0 bridgehead atoms. The van der Waals surface area contributed by atoms with Crippen LogP contribution in [0.3, 0.4) is 0 Å². The number of carbonyl (C=O) groups is 1. The van der Waals surface area contributed by atoms with Crippen molar-refractivity contribution < 1.29 is 13.6 Å². The van der Waals surface area contributed by atoms with Crippen molar-refractivity contribution in [3.63, 3.8) is 0 Å². The Kier molecular flexibility index (Phi) is 7.53. The van der Waals surface area contributed by atoms with Crippen molar-refractivity contribution in [1.29, 1.82) is 5.26 Å². The lowest BCUT2D eigenvalue weighted by Crippen LogP contribution is -2.53. The number of alkyl halides is 2. The van der Waals surface area contributed by atoms with Gasteiger partial charge in [0.25, 0.3) is 5.92 Å². The Bertz CT molecular complexity index is 859. The molecule has 1 aromatic rings. The van der Waals surface area contributed by atoms with Crippen molar-refractivity contribution in [1.82, 2.24) is 14.7 Å². The van der Waals surface area contributed by atoms with Gasteiger partial charge in [0.2, 0.25) is 0 Å². The summed E-state index contributed by atoms with van der Waals surface area (Å²) in [5.41, 5.74) is 1.06. The third-order valence-electron chi connectivity index (χ3n) is 4.59. The topological polar surface area (TPSA) is 75.0 Å². The predicted octanol–water partition coefficient (Wildman–Crippen LogP) is 3.81. The van der Waals surface area contributed by atoms with Gasteiger partial charge in [-0.1, -0.05) is 24.8 Å². The fraction of sp³-hybridized carbons (Fsp3) is 0.381. The molecule has 1 N–H and O–H groups in total. The second-order valence-corrected chi connectivity index (χ2v) is 6.92. The summed E-state index contributed by atoms with van der Waals surface area (Å²) in [6.07, 6.45) is 5.23. The van der Waals surface area contributed by atoms with Gasteiger partial charge in [-0.3, -0.25) is 0 Å². The molecule has 9 heteroatoms. The fourth-order valence-corrected chi connectivity index (χ4v) is 2.94. The number of nitrogens with one attached hydrogen (secondary N) is 1. The maximum absolute atomic E-state index is 13.4. The number of amides is 2. The van der Waals surface area contributed by atoms with Crippen LogP contribution in [0.2, 0.25) is 0 Å². The molecule has 7 nitrogen and oxygen atoms in total. The monoisotopic (exact) mass is 416 g/mol. The quantitative estimate of drug-likeness (QED) is 0.343. The van der Waals surface area contributed by atoms with Crippen molar-refractivity contribution in [2.24, 2.45) is 4.99 Å². The van der Waals surface area contributed by atoms with Gasteiger partial charge in [0.05, 0.1) is 5.70 Å². The first kappa shape index (κ1) is 22.9. The van der Waals surface area contributed by atoms with Crippen molar-refractivity contribution in [3.05, 3.63) is 54.4 Å². The highest BCUT2D eigenvalue weighted by Gasteiger charge is 2.26. The smallest absolute Gasteiger partial charge is 0.333 e. The number of urea groups is 1. The Hall–Kier alpha value is -3.41. The van der Waals surface area contributed by atoms with Crippen LogP contribution in [-0.2, 0) is 5.92 Å². The molecular weight excluding hydrogens is 390 g/mol. The van der Waals surface area contributed by atoms with Gasteiger partial charge in [-0.05, 0) is 19.1 Å². The summed E-state index contributed by atoms with van der Waals surface area (Å²) in [5, 5.41) is 12.0. The zero-order valence-corrected chi connectivity index (χ0v) is 17.4. The number of hydrogen-bond acceptors (Lipinski definition) is 4. The van der Waals surface area contributed by atoms with E-state index in [9.17, 15) is 13.6 Å². The molecule has 0 unspecified atom stereocenters. The van der Waals surface area contributed by atoms with E-state index < -0.39 is 5.92 Å². The van der Waals surface area contributed by atoms with E-state index in [0.717, 1.165) is 11.8 Å². The highest BCUT2D eigenvalue weighted by atomic mass is 19.3. The Morgan fingerprint density at radius 1 is 1.27 bits per heavy atom. The van der Waals surface area contributed by atoms with Crippen LogP contribution in [0.25, 0.3) is 0 Å². The van der Waals surface area contributed by atoms with E-state index in [4.69, 9.17) is 5.26 Å². The molecule has 1 fully saturated rings. The number of benzene rings is 1. The highest BCUT2D eigenvalue weighted by Crippen LogP contribution is 2.28. The Morgan fingerprint density at radius 2 is 1.83 bits per heavy atom. The molecule has 0 aliphatic carbocycles. The second-order valence-electron chi connectivity index (χ2n) is 6.92. The van der Waals surface area contributed by atoms with E-state index in [0.29, 0.717) is 43.4 Å². The highest BCUT2D eigenvalue weighted by molar-refractivity contribution is 6.00. The lowest BCUT2D eigenvalue weighted by molar-refractivity contribution is 0.0175. The van der Waals surface area contributed by atoms with Gasteiger partial charge in [0, 0.05) is 57.6 Å². The molecule has 1 aliphatic heterocycles. The molecule has 0 radical (unpaired) electrons. The van der Waals surface area contributed by atoms with E-state index in [-0.39, 0.29) is 11.6 Å². The van der Waals surface area contributed by atoms with Crippen molar-refractivity contribution >= 4 is 17.6 Å². The third kappa shape index (κ3) is 5.80. The first-order valence-corrected chi connectivity index (χ1v) is 9.48. The number of allylic oxidation sites excluding steroid dienone is 1. The van der Waals surface area contributed by atoms with Crippen LogP contribution in [0.4, 0.5) is 19.3 Å². The number of halogens is 2. The Labute approximate surface area is 175 Å². The molecule has 1 aromatic carbocycles. The first-order valence-electron chi connectivity index (χ1n) is 9.48. The molecule has 0 atom stereocenters. The zero-order chi connectivity index (χ0) is 22.3. The standard InChI is InChI=1S/C21H26F2N6O/c1-5-10-25-19(28-11-13-29(14-12-28)20(30)27(4)15-24)16(2)26-18-8-6-17(7-9-18)21(3,22)23/h5-10,26H,2,11-14H2,1,3-4H3/b10-5-,25-19?. The number of aliphatic imine (C=N–C) groups is 1. The van der Waals surface area contributed by atoms with E-state index in [1.165, 1.54) is 19.2 Å². The molecule has 0 saturated carbocycles. The van der Waals surface area contributed by atoms with Crippen LogP contribution in [-0.4, -0.2) is 59.8 Å². The number of amidine groups is 1. The number of rotatable bonds is 5. The summed E-state index contributed by atoms with van der Waals surface area (Å²) in [6, 6.07) is 5.54. The minimum Gasteiger partial charge on any atom is -0.353 e. The number of nitriles is 1. The van der Waals surface area contributed by atoms with Crippen molar-refractivity contribution in [2.45, 2.75) is 19.8 Å². The molecule has 2 amide bonds. The summed E-state index contributed by atoms with van der Waals surface area (Å²) < 4.78 is 26.8. The predicted molar refractivity (Wildman–Crippen MR) is 113 cm³/mol. The lowest BCUT2D eigenvalue weighted by atomic mass is 10.1. The van der Waals surface area contributed by atoms with Gasteiger partial charge in [-0.15, -0.1) is 0 Å². The molecule has 1 heterocycles. The van der Waals surface area contributed by atoms with Crippen molar-refractivity contribution in [3.8, 4) is 6.19 Å². The molecule has 0 spiro atoms. The lowest BCUT2D eigenvalue weighted by Gasteiger charge is -2.37. The second kappa shape index (κ2) is 9.87. The normalized spacial score (nSPS) is 15.1. The number of hydrogen-bond donors (Lipinski definition) is 1. The first-order chi connectivity index (χ1) is 14.2. The number of anilines is 1. The minimum absolute atomic E-state index is 0.0652. The Morgan fingerprint density at radius 3 is 2.33 bits per heavy atom. The van der Waals surface area contributed by atoms with E-state index in [2.05, 4.69) is 16.9 Å². The zero-order valence-electron chi connectivity index (χ0n) is 17.4. The number of carbonyl (C=O) groups excluding carboxylic acids is 1. The molecule has 1 saturated heterocycles. The van der Waals surface area contributed by atoms with E-state index >= 15 is 0 Å². The van der Waals surface area contributed by atoms with Gasteiger partial charge in [0.15, 0.2) is 12.0 Å². The SMILES string of the molecule is C=C(Nc1ccc(C(C)(F)F)cc1)C(=N/C=C\C)N1CCN(C(=O)N(C)C#N)CC1. The minimum atomic E-state index is -2.90. The van der Waals surface area contributed by atoms with E-state index in [1.807, 2.05) is 18.0 Å². The maximum atomic E-state index is 13.4. The van der Waals surface area contributed by atoms with Crippen LogP contribution in [0.5, 0.6) is 0 Å². The summed E-state index contributed by atoms with van der Waals surface area (Å²) >= 11 is 0. The molecular formula is C21H26F2N6O. The maximum Gasteiger partial charge on any atom is 0.333 e. The summed E-state index contributed by atoms with van der Waals surface area (Å²) in [7, 11) is 1.43. The van der Waals surface area contributed by atoms with Gasteiger partial charge in [-0.25, -0.2) is 23.5 Å². The number of nitrogens with zero attached hydrogens (tertiary/aromatic N) is 5. The summed E-state index contributed by atoms with van der Waals surface area (Å²) in [5.74, 6) is -2.30. The summed E-state index contributed by atoms with van der Waals surface area (Å²) in [4.78, 5) is 21.2. The van der Waals surface area contributed by atoms with Crippen molar-refractivity contribution in [2.75, 3.05) is 38.5 Å². The largest absolute Gasteiger partial charge is 0.353 e. The fourth-order valence-electron chi connectivity index (χ4n) is 2.94. The average molecular weight is 416 g/mol. The van der Waals surface area contributed by atoms with Crippen LogP contribution >= 0.6 is 0 Å². The molecule has 1 aliphatic rings. The van der Waals surface area contributed by atoms with Crippen LogP contribution in [0, 0.1) is 11.5 Å². The molecule has 160 valence electrons. The van der Waals surface area contributed by atoms with E-state index in [1.54, 1.807) is 29.3 Å². The van der Waals surface area contributed by atoms with Crippen LogP contribution in [0.15, 0.2) is 53.8 Å². The molecule has 0 aromatic heterocycles. The summed E-state index contributed by atoms with van der Waals surface area (Å²) in [6.45, 7) is 8.66. The van der Waals surface area contributed by atoms with Gasteiger partial charge in [-0.2, -0.15) is 5.26 Å². The third-order valence-corrected chi connectivity index (χ3v) is 4.59. The number of piperazine rings is 1.